The van der Waals surface area contributed by atoms with Crippen molar-refractivity contribution in [1.29, 1.82) is 0 Å². The van der Waals surface area contributed by atoms with Crippen LogP contribution in [0.25, 0.3) is 0 Å². The van der Waals surface area contributed by atoms with E-state index in [0.29, 0.717) is 5.56 Å². The van der Waals surface area contributed by atoms with Gasteiger partial charge in [0.05, 0.1) is 18.9 Å². The summed E-state index contributed by atoms with van der Waals surface area (Å²) in [5.41, 5.74) is 11.2. The lowest BCUT2D eigenvalue weighted by Crippen LogP contribution is -2.58. The summed E-state index contributed by atoms with van der Waals surface area (Å²) in [5.74, 6) is -10.1. The molecule has 47 heavy (non-hydrogen) atoms. The molecule has 0 aliphatic rings. The first-order valence-corrected chi connectivity index (χ1v) is 14.2. The summed E-state index contributed by atoms with van der Waals surface area (Å²) in [4.78, 5) is 109. The smallest absolute Gasteiger partial charge is 0.326 e. The van der Waals surface area contributed by atoms with Crippen molar-refractivity contribution in [2.75, 3.05) is 0 Å². The van der Waals surface area contributed by atoms with Crippen molar-refractivity contribution in [2.24, 2.45) is 11.5 Å². The van der Waals surface area contributed by atoms with Crippen molar-refractivity contribution in [3.8, 4) is 0 Å². The molecule has 1 rings (SSSR count). The van der Waals surface area contributed by atoms with Gasteiger partial charge < -0.3 is 53.4 Å². The van der Waals surface area contributed by atoms with Crippen LogP contribution in [0.2, 0.25) is 0 Å². The molecule has 12 N–H and O–H groups in total. The predicted molar refractivity (Wildman–Crippen MR) is 160 cm³/mol. The van der Waals surface area contributed by atoms with Crippen LogP contribution in [0, 0.1) is 0 Å². The van der Waals surface area contributed by atoms with Crippen LogP contribution in [0.5, 0.6) is 0 Å². The lowest BCUT2D eigenvalue weighted by atomic mass is 10.0. The van der Waals surface area contributed by atoms with Crippen LogP contribution >= 0.6 is 0 Å². The zero-order valence-corrected chi connectivity index (χ0v) is 25.6. The second-order valence-corrected chi connectivity index (χ2v) is 10.5. The molecule has 0 unspecified atom stereocenters. The van der Waals surface area contributed by atoms with E-state index in [-0.39, 0.29) is 12.8 Å². The van der Waals surface area contributed by atoms with E-state index in [1.54, 1.807) is 30.3 Å². The number of hydrogen-bond donors (Lipinski definition) is 10. The van der Waals surface area contributed by atoms with E-state index in [1.807, 2.05) is 0 Å². The molecule has 0 radical (unpaired) electrons. The molecule has 19 heteroatoms. The highest BCUT2D eigenvalue weighted by Gasteiger charge is 2.31. The highest BCUT2D eigenvalue weighted by molar-refractivity contribution is 5.97. The Bertz CT molecular complexity index is 1340. The number of rotatable bonds is 20. The van der Waals surface area contributed by atoms with Gasteiger partial charge in [0.2, 0.25) is 35.4 Å². The molecule has 19 nitrogen and oxygen atoms in total. The summed E-state index contributed by atoms with van der Waals surface area (Å²) in [5, 5.41) is 38.5. The van der Waals surface area contributed by atoms with Crippen LogP contribution in [0.3, 0.4) is 0 Å². The Morgan fingerprint density at radius 1 is 0.638 bits per heavy atom. The second-order valence-electron chi connectivity index (χ2n) is 10.5. The van der Waals surface area contributed by atoms with Gasteiger partial charge in [-0.1, -0.05) is 30.3 Å². The maximum absolute atomic E-state index is 13.0. The highest BCUT2D eigenvalue weighted by Crippen LogP contribution is 2.06. The Morgan fingerprint density at radius 2 is 1.13 bits per heavy atom. The molecule has 0 spiro atoms. The number of amides is 6. The summed E-state index contributed by atoms with van der Waals surface area (Å²) < 4.78 is 0. The fourth-order valence-corrected chi connectivity index (χ4v) is 3.89. The Balaban J connectivity index is 2.94. The number of hydrogen-bond acceptors (Lipinski definition) is 10. The Morgan fingerprint density at radius 3 is 1.64 bits per heavy atom. The standard InChI is InChI=1S/C28H39N7O12/c1-13(32-26(44)18(12-22(39)40)34-25(43)16(29)8-9-21(37)38)23(41)31-14(2)24(42)33-17(10-15-6-4-3-5-7-15)27(45)35-19(28(46)47)11-20(30)36/h3-7,13-14,16-19H,8-12,29H2,1-2H3,(H2,30,36)(H,31,41)(H,32,44)(H,33,42)(H,34,43)(H,35,45)(H,37,38)(H,39,40)(H,46,47)/t13-,14-,16-,17-,18-,19-/m0/s1. The minimum atomic E-state index is -1.69. The van der Waals surface area contributed by atoms with Crippen LogP contribution < -0.4 is 38.1 Å². The minimum Gasteiger partial charge on any atom is -0.481 e. The van der Waals surface area contributed by atoms with Gasteiger partial charge in [0.15, 0.2) is 0 Å². The van der Waals surface area contributed by atoms with E-state index < -0.39 is 109 Å². The number of primary amides is 1. The van der Waals surface area contributed by atoms with E-state index in [9.17, 15) is 48.3 Å². The van der Waals surface area contributed by atoms with Crippen LogP contribution in [0.1, 0.15) is 45.1 Å². The number of carboxylic acids is 3. The quantitative estimate of drug-likeness (QED) is 0.0642. The molecule has 6 atom stereocenters. The van der Waals surface area contributed by atoms with E-state index in [1.165, 1.54) is 13.8 Å². The maximum atomic E-state index is 13.0. The molecule has 6 amide bonds. The molecule has 258 valence electrons. The van der Waals surface area contributed by atoms with Gasteiger partial charge in [-0.2, -0.15) is 0 Å². The molecule has 0 fully saturated rings. The highest BCUT2D eigenvalue weighted by atomic mass is 16.4. The largest absolute Gasteiger partial charge is 0.481 e. The summed E-state index contributed by atoms with van der Waals surface area (Å²) in [6.07, 6.45) is -2.46. The van der Waals surface area contributed by atoms with Crippen molar-refractivity contribution < 1.29 is 58.5 Å². The first kappa shape index (κ1) is 39.4. The second kappa shape index (κ2) is 19.0. The Hall–Kier alpha value is -5.59. The molecule has 0 heterocycles. The van der Waals surface area contributed by atoms with Crippen molar-refractivity contribution in [3.05, 3.63) is 35.9 Å². The average Bonchev–Trinajstić information content (AvgIpc) is 2.98. The van der Waals surface area contributed by atoms with E-state index in [2.05, 4.69) is 26.6 Å². The number of aliphatic carboxylic acids is 3. The lowest BCUT2D eigenvalue weighted by molar-refractivity contribution is -0.143. The minimum absolute atomic E-state index is 0.106. The van der Waals surface area contributed by atoms with Gasteiger partial charge in [-0.15, -0.1) is 0 Å². The lowest BCUT2D eigenvalue weighted by Gasteiger charge is -2.24. The SMILES string of the molecule is C[C@H](NC(=O)[C@H](C)NC(=O)[C@H](CC(=O)O)NC(=O)[C@@H](N)CCC(=O)O)C(=O)N[C@@H](Cc1ccccc1)C(=O)N[C@@H](CC(N)=O)C(=O)O. The van der Waals surface area contributed by atoms with Crippen molar-refractivity contribution >= 4 is 53.4 Å². The third-order valence-corrected chi connectivity index (χ3v) is 6.46. The molecule has 0 saturated carbocycles. The zero-order valence-electron chi connectivity index (χ0n) is 25.6. The van der Waals surface area contributed by atoms with Gasteiger partial charge in [0.25, 0.3) is 0 Å². The predicted octanol–water partition coefficient (Wildman–Crippen LogP) is -3.68. The topological polar surface area (TPSA) is 327 Å². The van der Waals surface area contributed by atoms with Crippen LogP contribution in [0.15, 0.2) is 30.3 Å². The fraction of sp³-hybridized carbons (Fsp3) is 0.464. The molecule has 0 aromatic heterocycles. The molecular formula is C28H39N7O12. The summed E-state index contributed by atoms with van der Waals surface area (Å²) >= 11 is 0. The first-order chi connectivity index (χ1) is 21.9. The van der Waals surface area contributed by atoms with Gasteiger partial charge in [-0.3, -0.25) is 38.4 Å². The van der Waals surface area contributed by atoms with E-state index >= 15 is 0 Å². The third kappa shape index (κ3) is 14.8. The van der Waals surface area contributed by atoms with Gasteiger partial charge in [-0.05, 0) is 25.8 Å². The van der Waals surface area contributed by atoms with Crippen LogP contribution in [-0.4, -0.2) is 105 Å². The van der Waals surface area contributed by atoms with Gasteiger partial charge in [0.1, 0.15) is 30.2 Å². The number of carbonyl (C=O) groups is 9. The fourth-order valence-electron chi connectivity index (χ4n) is 3.89. The summed E-state index contributed by atoms with van der Waals surface area (Å²) in [6, 6.07) is -0.461. The van der Waals surface area contributed by atoms with E-state index in [4.69, 9.17) is 21.7 Å². The third-order valence-electron chi connectivity index (χ3n) is 6.46. The van der Waals surface area contributed by atoms with Crippen molar-refractivity contribution in [3.63, 3.8) is 0 Å². The van der Waals surface area contributed by atoms with Gasteiger partial charge in [-0.25, -0.2) is 4.79 Å². The number of carbonyl (C=O) groups excluding carboxylic acids is 6. The van der Waals surface area contributed by atoms with E-state index in [0.717, 1.165) is 0 Å². The number of carboxylic acid groups (broad SMARTS) is 3. The molecule has 0 aliphatic heterocycles. The first-order valence-electron chi connectivity index (χ1n) is 14.2. The monoisotopic (exact) mass is 665 g/mol. The van der Waals surface area contributed by atoms with Crippen LogP contribution in [0.4, 0.5) is 0 Å². The number of nitrogens with one attached hydrogen (secondary N) is 5. The summed E-state index contributed by atoms with van der Waals surface area (Å²) in [7, 11) is 0. The normalized spacial score (nSPS) is 14.4. The molecule has 0 aliphatic carbocycles. The molecule has 1 aromatic rings. The summed E-state index contributed by atoms with van der Waals surface area (Å²) in [6.45, 7) is 2.45. The Kier molecular flexibility index (Phi) is 16.0. The van der Waals surface area contributed by atoms with Gasteiger partial charge in [0, 0.05) is 12.8 Å². The average molecular weight is 666 g/mol. The molecular weight excluding hydrogens is 626 g/mol. The molecule has 1 aromatic carbocycles. The number of benzene rings is 1. The van der Waals surface area contributed by atoms with Crippen LogP contribution in [-0.2, 0) is 49.6 Å². The molecule has 0 bridgehead atoms. The Labute approximate surface area is 268 Å². The van der Waals surface area contributed by atoms with Crippen molar-refractivity contribution in [2.45, 2.75) is 82.2 Å². The molecule has 0 saturated heterocycles. The van der Waals surface area contributed by atoms with Gasteiger partial charge >= 0.3 is 17.9 Å². The van der Waals surface area contributed by atoms with Crippen molar-refractivity contribution in [1.82, 2.24) is 26.6 Å². The number of nitrogens with two attached hydrogens (primary N) is 2. The zero-order chi connectivity index (χ0) is 35.8. The maximum Gasteiger partial charge on any atom is 0.326 e.